The highest BCUT2D eigenvalue weighted by Crippen LogP contribution is 2.60. The van der Waals surface area contributed by atoms with Crippen LogP contribution < -0.4 is 5.32 Å². The lowest BCUT2D eigenvalue weighted by Gasteiger charge is -2.22. The minimum atomic E-state index is 0.697. The molecule has 0 radical (unpaired) electrons. The Morgan fingerprint density at radius 1 is 1.12 bits per heavy atom. The Hall–Kier alpha value is -0.0400. The summed E-state index contributed by atoms with van der Waals surface area (Å²) in [5, 5.41) is 3.60. The third-order valence-electron chi connectivity index (χ3n) is 3.81. The summed E-state index contributed by atoms with van der Waals surface area (Å²) >= 11 is 0. The molecule has 0 heterocycles. The van der Waals surface area contributed by atoms with E-state index in [0.717, 1.165) is 17.8 Å². The van der Waals surface area contributed by atoms with Crippen molar-refractivity contribution in [3.8, 4) is 0 Å². The molecule has 0 amide bonds. The second-order valence-corrected chi connectivity index (χ2v) is 6.66. The monoisotopic (exact) mass is 225 g/mol. The lowest BCUT2D eigenvalue weighted by atomic mass is 9.84. The molecule has 1 aliphatic rings. The first kappa shape index (κ1) is 14.0. The maximum atomic E-state index is 3.60. The molecule has 1 fully saturated rings. The van der Waals surface area contributed by atoms with Crippen LogP contribution in [0.4, 0.5) is 0 Å². The van der Waals surface area contributed by atoms with E-state index in [2.05, 4.69) is 39.9 Å². The second kappa shape index (κ2) is 6.05. The van der Waals surface area contributed by atoms with E-state index in [4.69, 9.17) is 0 Å². The smallest absolute Gasteiger partial charge is 0.00150 e. The van der Waals surface area contributed by atoms with Gasteiger partial charge in [-0.1, -0.05) is 34.6 Å². The van der Waals surface area contributed by atoms with Gasteiger partial charge in [-0.25, -0.2) is 0 Å². The molecular weight excluding hydrogens is 194 g/mol. The van der Waals surface area contributed by atoms with Crippen LogP contribution in [0.2, 0.25) is 0 Å². The van der Waals surface area contributed by atoms with Crippen molar-refractivity contribution < 1.29 is 0 Å². The van der Waals surface area contributed by atoms with Gasteiger partial charge in [0.2, 0.25) is 0 Å². The third-order valence-corrected chi connectivity index (χ3v) is 3.81. The van der Waals surface area contributed by atoms with Gasteiger partial charge >= 0.3 is 0 Å². The fraction of sp³-hybridized carbons (Fsp3) is 1.00. The molecule has 1 unspecified atom stereocenters. The molecule has 1 nitrogen and oxygen atoms in total. The van der Waals surface area contributed by atoms with E-state index in [-0.39, 0.29) is 0 Å². The summed E-state index contributed by atoms with van der Waals surface area (Å²) in [5.41, 5.74) is 0.697. The molecule has 96 valence electrons. The van der Waals surface area contributed by atoms with Crippen LogP contribution in [0.25, 0.3) is 0 Å². The molecule has 0 spiro atoms. The van der Waals surface area contributed by atoms with Crippen molar-refractivity contribution in [3.63, 3.8) is 0 Å². The molecule has 1 saturated carbocycles. The molecule has 16 heavy (non-hydrogen) atoms. The highest BCUT2D eigenvalue weighted by molar-refractivity contribution is 5.03. The Kier molecular flexibility index (Phi) is 5.30. The van der Waals surface area contributed by atoms with Gasteiger partial charge in [0.05, 0.1) is 0 Å². The van der Waals surface area contributed by atoms with Crippen LogP contribution in [0.5, 0.6) is 0 Å². The fourth-order valence-electron chi connectivity index (χ4n) is 3.38. The lowest BCUT2D eigenvalue weighted by Crippen LogP contribution is -2.22. The first-order chi connectivity index (χ1) is 7.50. The van der Waals surface area contributed by atoms with Crippen LogP contribution in [-0.4, -0.2) is 13.1 Å². The average Bonchev–Trinajstić information content (AvgIpc) is 2.76. The molecule has 0 aromatic heterocycles. The van der Waals surface area contributed by atoms with Crippen LogP contribution in [-0.2, 0) is 0 Å². The summed E-state index contributed by atoms with van der Waals surface area (Å²) in [7, 11) is 0. The van der Waals surface area contributed by atoms with E-state index in [9.17, 15) is 0 Å². The normalized spacial score (nSPS) is 23.1. The van der Waals surface area contributed by atoms with Gasteiger partial charge in [-0.15, -0.1) is 0 Å². The number of rotatable bonds is 8. The number of hydrogen-bond donors (Lipinski definition) is 1. The van der Waals surface area contributed by atoms with E-state index in [0.29, 0.717) is 5.41 Å². The second-order valence-electron chi connectivity index (χ2n) is 6.66. The van der Waals surface area contributed by atoms with Gasteiger partial charge in [0.25, 0.3) is 0 Å². The van der Waals surface area contributed by atoms with E-state index in [1.807, 2.05) is 0 Å². The van der Waals surface area contributed by atoms with Crippen molar-refractivity contribution in [2.75, 3.05) is 13.1 Å². The predicted molar refractivity (Wildman–Crippen MR) is 72.6 cm³/mol. The largest absolute Gasteiger partial charge is 0.316 e. The van der Waals surface area contributed by atoms with Crippen molar-refractivity contribution >= 4 is 0 Å². The zero-order valence-electron chi connectivity index (χ0n) is 12.0. The van der Waals surface area contributed by atoms with E-state index >= 15 is 0 Å². The van der Waals surface area contributed by atoms with Crippen LogP contribution in [0, 0.1) is 23.2 Å². The molecule has 1 N–H and O–H groups in total. The lowest BCUT2D eigenvalue weighted by molar-refractivity contribution is 0.291. The van der Waals surface area contributed by atoms with E-state index in [1.165, 1.54) is 38.8 Å². The van der Waals surface area contributed by atoms with Gasteiger partial charge in [0.1, 0.15) is 0 Å². The van der Waals surface area contributed by atoms with Crippen molar-refractivity contribution in [3.05, 3.63) is 0 Å². The van der Waals surface area contributed by atoms with Crippen molar-refractivity contribution in [1.29, 1.82) is 0 Å². The molecular formula is C15H31N. The Morgan fingerprint density at radius 2 is 1.69 bits per heavy atom. The Labute approximate surface area is 102 Å². The standard InChI is InChI=1S/C15H31N/c1-6-7-16-11-14-10-15(14,8-12(2)3)9-13(4)5/h12-14,16H,6-11H2,1-5H3. The first-order valence-corrected chi connectivity index (χ1v) is 7.21. The third kappa shape index (κ3) is 4.08. The minimum absolute atomic E-state index is 0.697. The molecule has 0 aromatic rings. The topological polar surface area (TPSA) is 12.0 Å². The number of hydrogen-bond acceptors (Lipinski definition) is 1. The summed E-state index contributed by atoms with van der Waals surface area (Å²) in [6.45, 7) is 14.2. The quantitative estimate of drug-likeness (QED) is 0.614. The SMILES string of the molecule is CCCNCC1CC1(CC(C)C)CC(C)C. The summed E-state index contributed by atoms with van der Waals surface area (Å²) in [6.07, 6.45) is 5.60. The van der Waals surface area contributed by atoms with Gasteiger partial charge in [0.15, 0.2) is 0 Å². The summed E-state index contributed by atoms with van der Waals surface area (Å²) in [5.74, 6) is 2.67. The predicted octanol–water partition coefficient (Wildman–Crippen LogP) is 4.08. The summed E-state index contributed by atoms with van der Waals surface area (Å²) in [6, 6.07) is 0. The highest BCUT2D eigenvalue weighted by Gasteiger charge is 2.52. The number of nitrogens with one attached hydrogen (secondary N) is 1. The Morgan fingerprint density at radius 3 is 2.12 bits per heavy atom. The molecule has 0 aromatic carbocycles. The first-order valence-electron chi connectivity index (χ1n) is 7.21. The van der Waals surface area contributed by atoms with Gasteiger partial charge in [-0.3, -0.25) is 0 Å². The Bertz CT molecular complexity index is 186. The molecule has 1 heteroatoms. The average molecular weight is 225 g/mol. The van der Waals surface area contributed by atoms with Crippen LogP contribution in [0.1, 0.15) is 60.3 Å². The minimum Gasteiger partial charge on any atom is -0.316 e. The zero-order chi connectivity index (χ0) is 12.2. The molecule has 0 aliphatic heterocycles. The summed E-state index contributed by atoms with van der Waals surface area (Å²) in [4.78, 5) is 0. The van der Waals surface area contributed by atoms with Gasteiger partial charge < -0.3 is 5.32 Å². The maximum absolute atomic E-state index is 3.60. The molecule has 0 saturated heterocycles. The van der Waals surface area contributed by atoms with Crippen molar-refractivity contribution in [2.24, 2.45) is 23.2 Å². The van der Waals surface area contributed by atoms with Crippen molar-refractivity contribution in [1.82, 2.24) is 5.32 Å². The van der Waals surface area contributed by atoms with E-state index < -0.39 is 0 Å². The van der Waals surface area contributed by atoms with Gasteiger partial charge in [0, 0.05) is 0 Å². The highest BCUT2D eigenvalue weighted by atomic mass is 14.9. The van der Waals surface area contributed by atoms with Crippen LogP contribution >= 0.6 is 0 Å². The van der Waals surface area contributed by atoms with Crippen molar-refractivity contribution in [2.45, 2.75) is 60.3 Å². The van der Waals surface area contributed by atoms with Gasteiger partial charge in [-0.05, 0) is 61.9 Å². The molecule has 1 aliphatic carbocycles. The summed E-state index contributed by atoms with van der Waals surface area (Å²) < 4.78 is 0. The Balaban J connectivity index is 2.37. The van der Waals surface area contributed by atoms with Crippen LogP contribution in [0.15, 0.2) is 0 Å². The van der Waals surface area contributed by atoms with Crippen LogP contribution in [0.3, 0.4) is 0 Å². The zero-order valence-corrected chi connectivity index (χ0v) is 12.0. The molecule has 1 atom stereocenters. The molecule has 0 bridgehead atoms. The molecule has 1 rings (SSSR count). The fourth-order valence-corrected chi connectivity index (χ4v) is 3.38. The van der Waals surface area contributed by atoms with E-state index in [1.54, 1.807) is 0 Å². The van der Waals surface area contributed by atoms with Gasteiger partial charge in [-0.2, -0.15) is 0 Å². The maximum Gasteiger partial charge on any atom is -0.00150 e.